The lowest BCUT2D eigenvalue weighted by Gasteiger charge is -2.49. The number of rotatable bonds is 4. The first-order chi connectivity index (χ1) is 15.5. The second kappa shape index (κ2) is 8.23. The molecule has 3 aromatic carbocycles. The Bertz CT molecular complexity index is 1190. The third kappa shape index (κ3) is 3.69. The van der Waals surface area contributed by atoms with Gasteiger partial charge in [0.25, 0.3) is 0 Å². The maximum atomic E-state index is 13.2. The highest BCUT2D eigenvalue weighted by atomic mass is 16.4. The molecule has 0 amide bonds. The van der Waals surface area contributed by atoms with E-state index in [1.54, 1.807) is 6.07 Å². The van der Waals surface area contributed by atoms with E-state index >= 15 is 0 Å². The quantitative estimate of drug-likeness (QED) is 0.535. The van der Waals surface area contributed by atoms with Crippen LogP contribution in [0.1, 0.15) is 51.9 Å². The summed E-state index contributed by atoms with van der Waals surface area (Å²) in [5, 5.41) is 9.51. The molecule has 1 fully saturated rings. The highest BCUT2D eigenvalue weighted by molar-refractivity contribution is 6.01. The molecule has 2 unspecified atom stereocenters. The van der Waals surface area contributed by atoms with E-state index in [0.29, 0.717) is 18.4 Å². The Morgan fingerprint density at radius 1 is 1.00 bits per heavy atom. The first-order valence-corrected chi connectivity index (χ1v) is 11.2. The summed E-state index contributed by atoms with van der Waals surface area (Å²) in [7, 11) is 0. The fourth-order valence-corrected chi connectivity index (χ4v) is 5.72. The van der Waals surface area contributed by atoms with Crippen LogP contribution in [-0.2, 0) is 23.1 Å². The fourth-order valence-electron chi connectivity index (χ4n) is 5.72. The van der Waals surface area contributed by atoms with Crippen molar-refractivity contribution in [3.8, 4) is 0 Å². The number of aromatic carboxylic acids is 1. The molecule has 32 heavy (non-hydrogen) atoms. The molecule has 0 radical (unpaired) electrons. The zero-order chi connectivity index (χ0) is 22.1. The third-order valence-electron chi connectivity index (χ3n) is 7.23. The van der Waals surface area contributed by atoms with Gasteiger partial charge in [0, 0.05) is 11.8 Å². The average molecular weight is 423 g/mol. The van der Waals surface area contributed by atoms with Crippen molar-refractivity contribution in [3.63, 3.8) is 0 Å². The molecule has 0 heterocycles. The Balaban J connectivity index is 1.64. The van der Waals surface area contributed by atoms with Gasteiger partial charge in [-0.15, -0.1) is 0 Å². The molecule has 1 N–H and O–H groups in total. The molecule has 3 heteroatoms. The van der Waals surface area contributed by atoms with E-state index in [9.17, 15) is 14.7 Å². The highest BCUT2D eigenvalue weighted by Gasteiger charge is 2.49. The Morgan fingerprint density at radius 2 is 1.72 bits per heavy atom. The Labute approximate surface area is 188 Å². The van der Waals surface area contributed by atoms with E-state index in [2.05, 4.69) is 24.3 Å². The lowest BCUT2D eigenvalue weighted by Crippen LogP contribution is -2.46. The van der Waals surface area contributed by atoms with Crippen LogP contribution in [0.15, 0.2) is 84.4 Å². The molecular weight excluding hydrogens is 396 g/mol. The molecule has 160 valence electrons. The van der Waals surface area contributed by atoms with Crippen LogP contribution in [0.3, 0.4) is 0 Å². The van der Waals surface area contributed by atoms with E-state index in [0.717, 1.165) is 36.0 Å². The number of carboxylic acid groups (broad SMARTS) is 1. The van der Waals surface area contributed by atoms with Crippen LogP contribution in [0.2, 0.25) is 0 Å². The van der Waals surface area contributed by atoms with Gasteiger partial charge in [-0.3, -0.25) is 4.79 Å². The van der Waals surface area contributed by atoms with Crippen LogP contribution in [0.4, 0.5) is 0 Å². The number of carbonyl (C=O) groups excluding carboxylic acids is 1. The van der Waals surface area contributed by atoms with Crippen molar-refractivity contribution < 1.29 is 14.7 Å². The van der Waals surface area contributed by atoms with Crippen LogP contribution in [0, 0.1) is 5.92 Å². The largest absolute Gasteiger partial charge is 0.478 e. The van der Waals surface area contributed by atoms with Gasteiger partial charge in [0.15, 0.2) is 5.78 Å². The van der Waals surface area contributed by atoms with Crippen molar-refractivity contribution in [2.45, 2.75) is 37.5 Å². The standard InChI is InChI=1S/C29H26O3/c30-27-17-25-13-11-22-16-23(28(31)32)12-14-26(22)29(25,18-21-9-5-2-6-10-21)19-24(27)15-20-7-3-1-4-8-20/h1-10,12,14-16,25H,11,13,17-19H2,(H,31,32)/b24-15+. The zero-order valence-corrected chi connectivity index (χ0v) is 18.0. The molecule has 5 rings (SSSR count). The topological polar surface area (TPSA) is 54.4 Å². The maximum Gasteiger partial charge on any atom is 0.335 e. The van der Waals surface area contributed by atoms with E-state index in [1.807, 2.05) is 54.6 Å². The van der Waals surface area contributed by atoms with Gasteiger partial charge >= 0.3 is 5.97 Å². The minimum Gasteiger partial charge on any atom is -0.478 e. The number of carbonyl (C=O) groups is 2. The number of benzene rings is 3. The smallest absolute Gasteiger partial charge is 0.335 e. The van der Waals surface area contributed by atoms with Gasteiger partial charge in [0.2, 0.25) is 0 Å². The van der Waals surface area contributed by atoms with E-state index in [4.69, 9.17) is 0 Å². The van der Waals surface area contributed by atoms with Gasteiger partial charge in [-0.2, -0.15) is 0 Å². The summed E-state index contributed by atoms with van der Waals surface area (Å²) in [5.74, 6) is -0.394. The predicted molar refractivity (Wildman–Crippen MR) is 126 cm³/mol. The Kier molecular flexibility index (Phi) is 5.26. The molecule has 2 aliphatic rings. The van der Waals surface area contributed by atoms with Crippen LogP contribution in [-0.4, -0.2) is 16.9 Å². The molecule has 1 saturated carbocycles. The minimum atomic E-state index is -0.893. The van der Waals surface area contributed by atoms with Crippen molar-refractivity contribution in [2.24, 2.45) is 5.92 Å². The van der Waals surface area contributed by atoms with E-state index < -0.39 is 5.97 Å². The summed E-state index contributed by atoms with van der Waals surface area (Å²) in [6.45, 7) is 0. The summed E-state index contributed by atoms with van der Waals surface area (Å²) in [6, 6.07) is 26.1. The van der Waals surface area contributed by atoms with Gasteiger partial charge in [-0.1, -0.05) is 66.7 Å². The zero-order valence-electron chi connectivity index (χ0n) is 18.0. The van der Waals surface area contributed by atoms with Gasteiger partial charge in [-0.25, -0.2) is 4.79 Å². The van der Waals surface area contributed by atoms with Gasteiger partial charge in [0.05, 0.1) is 5.56 Å². The highest BCUT2D eigenvalue weighted by Crippen LogP contribution is 2.52. The summed E-state index contributed by atoms with van der Waals surface area (Å²) >= 11 is 0. The van der Waals surface area contributed by atoms with Crippen molar-refractivity contribution in [3.05, 3.63) is 112 Å². The van der Waals surface area contributed by atoms with Crippen LogP contribution in [0.25, 0.3) is 6.08 Å². The summed E-state index contributed by atoms with van der Waals surface area (Å²) < 4.78 is 0. The van der Waals surface area contributed by atoms with Gasteiger partial charge in [0.1, 0.15) is 0 Å². The molecule has 2 aliphatic carbocycles. The molecule has 0 bridgehead atoms. The lowest BCUT2D eigenvalue weighted by atomic mass is 9.54. The first-order valence-electron chi connectivity index (χ1n) is 11.2. The molecular formula is C29H26O3. The predicted octanol–water partition coefficient (Wildman–Crippen LogP) is 5.87. The molecule has 0 aromatic heterocycles. The van der Waals surface area contributed by atoms with Crippen molar-refractivity contribution >= 4 is 17.8 Å². The maximum absolute atomic E-state index is 13.2. The molecule has 3 nitrogen and oxygen atoms in total. The molecule has 0 spiro atoms. The number of ketones is 1. The number of Topliss-reactive ketones (excluding diaryl/α,β-unsaturated/α-hetero) is 1. The summed E-state index contributed by atoms with van der Waals surface area (Å²) in [6.07, 6.45) is 5.85. The van der Waals surface area contributed by atoms with Crippen LogP contribution in [0.5, 0.6) is 0 Å². The minimum absolute atomic E-state index is 0.208. The molecule has 0 aliphatic heterocycles. The summed E-state index contributed by atoms with van der Waals surface area (Å²) in [4.78, 5) is 24.7. The van der Waals surface area contributed by atoms with Crippen molar-refractivity contribution in [1.82, 2.24) is 0 Å². The Morgan fingerprint density at radius 3 is 2.44 bits per heavy atom. The van der Waals surface area contributed by atoms with Crippen LogP contribution < -0.4 is 0 Å². The molecule has 3 aromatic rings. The number of hydrogen-bond donors (Lipinski definition) is 1. The van der Waals surface area contributed by atoms with Crippen molar-refractivity contribution in [1.29, 1.82) is 0 Å². The first kappa shape index (κ1) is 20.4. The molecule has 0 saturated heterocycles. The monoisotopic (exact) mass is 422 g/mol. The van der Waals surface area contributed by atoms with E-state index in [1.165, 1.54) is 11.1 Å². The van der Waals surface area contributed by atoms with Crippen LogP contribution >= 0.6 is 0 Å². The van der Waals surface area contributed by atoms with Gasteiger partial charge < -0.3 is 5.11 Å². The average Bonchev–Trinajstić information content (AvgIpc) is 2.81. The van der Waals surface area contributed by atoms with Crippen molar-refractivity contribution in [2.75, 3.05) is 0 Å². The SMILES string of the molecule is O=C1CC2CCc3cc(C(=O)O)ccc3C2(Cc2ccccc2)C/C1=C\c1ccccc1. The number of fused-ring (bicyclic) bond motifs is 3. The molecule has 2 atom stereocenters. The van der Waals surface area contributed by atoms with Gasteiger partial charge in [-0.05, 0) is 77.6 Å². The normalized spacial score (nSPS) is 23.4. The second-order valence-electron chi connectivity index (χ2n) is 9.12. The third-order valence-corrected chi connectivity index (χ3v) is 7.23. The number of allylic oxidation sites excluding steroid dienone is 1. The lowest BCUT2D eigenvalue weighted by molar-refractivity contribution is -0.119. The Hall–Kier alpha value is -3.46. The number of hydrogen-bond acceptors (Lipinski definition) is 2. The number of aryl methyl sites for hydroxylation is 1. The number of carboxylic acids is 1. The van der Waals surface area contributed by atoms with E-state index in [-0.39, 0.29) is 17.1 Å². The summed E-state index contributed by atoms with van der Waals surface area (Å²) in [5.41, 5.74) is 5.63. The fraction of sp³-hybridized carbons (Fsp3) is 0.241. The second-order valence-corrected chi connectivity index (χ2v) is 9.12.